The highest BCUT2D eigenvalue weighted by atomic mass is 16.5. The van der Waals surface area contributed by atoms with Crippen LogP contribution in [0.15, 0.2) is 30.3 Å². The third-order valence-corrected chi connectivity index (χ3v) is 2.55. The van der Waals surface area contributed by atoms with Gasteiger partial charge in [0.05, 0.1) is 13.2 Å². The number of nitrogens with zero attached hydrogens (tertiary/aromatic N) is 1. The van der Waals surface area contributed by atoms with Crippen molar-refractivity contribution < 1.29 is 19.4 Å². The van der Waals surface area contributed by atoms with E-state index >= 15 is 0 Å². The Bertz CT molecular complexity index is 422. The summed E-state index contributed by atoms with van der Waals surface area (Å²) in [6.07, 6.45) is 0.789. The number of para-hydroxylation sites is 1. The molecule has 1 aromatic rings. The van der Waals surface area contributed by atoms with E-state index in [2.05, 4.69) is 5.32 Å². The predicted molar refractivity (Wildman–Crippen MR) is 74.7 cm³/mol. The largest absolute Gasteiger partial charge is 0.494 e. The van der Waals surface area contributed by atoms with Gasteiger partial charge in [0.2, 0.25) is 5.91 Å². The van der Waals surface area contributed by atoms with Crippen molar-refractivity contribution in [2.45, 2.75) is 6.42 Å². The Morgan fingerprint density at radius 1 is 1.30 bits per heavy atom. The number of carboxylic acid groups (broad SMARTS) is 1. The third kappa shape index (κ3) is 7.38. The van der Waals surface area contributed by atoms with Gasteiger partial charge in [-0.05, 0) is 25.6 Å². The summed E-state index contributed by atoms with van der Waals surface area (Å²) in [7, 11) is 1.81. The van der Waals surface area contributed by atoms with E-state index in [1.807, 2.05) is 42.3 Å². The van der Waals surface area contributed by atoms with Gasteiger partial charge in [-0.2, -0.15) is 0 Å². The molecule has 20 heavy (non-hydrogen) atoms. The van der Waals surface area contributed by atoms with Crippen LogP contribution in [-0.4, -0.2) is 55.2 Å². The van der Waals surface area contributed by atoms with Gasteiger partial charge in [0, 0.05) is 6.54 Å². The van der Waals surface area contributed by atoms with Crippen LogP contribution < -0.4 is 10.1 Å². The van der Waals surface area contributed by atoms with Crippen LogP contribution in [0.25, 0.3) is 0 Å². The smallest absolute Gasteiger partial charge is 0.322 e. The maximum absolute atomic E-state index is 11.4. The fraction of sp³-hybridized carbons (Fsp3) is 0.429. The van der Waals surface area contributed by atoms with E-state index < -0.39 is 5.97 Å². The molecule has 0 bridgehead atoms. The summed E-state index contributed by atoms with van der Waals surface area (Å²) in [5.41, 5.74) is 0. The zero-order valence-electron chi connectivity index (χ0n) is 11.5. The number of likely N-dealkylation sites (N-methyl/N-ethyl adjacent to an activating group) is 1. The predicted octanol–water partition coefficient (Wildman–Crippen LogP) is 0.588. The Morgan fingerprint density at radius 2 is 2.00 bits per heavy atom. The fourth-order valence-corrected chi connectivity index (χ4v) is 1.60. The topological polar surface area (TPSA) is 78.9 Å². The van der Waals surface area contributed by atoms with Crippen LogP contribution in [-0.2, 0) is 9.59 Å². The van der Waals surface area contributed by atoms with Crippen LogP contribution in [0.1, 0.15) is 6.42 Å². The second-order valence-electron chi connectivity index (χ2n) is 4.42. The molecular formula is C14H20N2O4. The number of aliphatic carboxylic acids is 1. The quantitative estimate of drug-likeness (QED) is 0.647. The zero-order chi connectivity index (χ0) is 14.8. The standard InChI is InChI=1S/C14H20N2O4/c1-16(11-13(17)15-10-14(18)19)8-5-9-20-12-6-3-2-4-7-12/h2-4,6-7H,5,8-11H2,1H3,(H,15,17)(H,18,19). The molecule has 0 unspecified atom stereocenters. The molecule has 0 aliphatic heterocycles. The minimum Gasteiger partial charge on any atom is -0.494 e. The molecule has 0 saturated heterocycles. The monoisotopic (exact) mass is 280 g/mol. The van der Waals surface area contributed by atoms with Crippen molar-refractivity contribution in [2.75, 3.05) is 33.3 Å². The Labute approximate surface area is 118 Å². The Morgan fingerprint density at radius 3 is 2.65 bits per heavy atom. The number of carboxylic acids is 1. The zero-order valence-corrected chi connectivity index (χ0v) is 11.5. The molecule has 0 aliphatic carbocycles. The number of carbonyl (C=O) groups excluding carboxylic acids is 1. The van der Waals surface area contributed by atoms with E-state index in [4.69, 9.17) is 9.84 Å². The average molecular weight is 280 g/mol. The normalized spacial score (nSPS) is 10.3. The van der Waals surface area contributed by atoms with Crippen molar-refractivity contribution >= 4 is 11.9 Å². The first-order valence-corrected chi connectivity index (χ1v) is 6.43. The number of benzene rings is 1. The van der Waals surface area contributed by atoms with Gasteiger partial charge in [0.1, 0.15) is 12.3 Å². The van der Waals surface area contributed by atoms with Gasteiger partial charge in [0.25, 0.3) is 0 Å². The summed E-state index contributed by atoms with van der Waals surface area (Å²) in [5.74, 6) is -0.509. The summed E-state index contributed by atoms with van der Waals surface area (Å²) in [4.78, 5) is 23.5. The van der Waals surface area contributed by atoms with Crippen molar-refractivity contribution in [1.82, 2.24) is 10.2 Å². The van der Waals surface area contributed by atoms with Gasteiger partial charge in [-0.1, -0.05) is 18.2 Å². The van der Waals surface area contributed by atoms with Crippen LogP contribution in [0.5, 0.6) is 5.75 Å². The number of carbonyl (C=O) groups is 2. The van der Waals surface area contributed by atoms with Crippen LogP contribution >= 0.6 is 0 Å². The molecule has 0 atom stereocenters. The molecule has 1 amide bonds. The summed E-state index contributed by atoms with van der Waals surface area (Å²) >= 11 is 0. The van der Waals surface area contributed by atoms with E-state index in [0.29, 0.717) is 13.2 Å². The van der Waals surface area contributed by atoms with E-state index in [-0.39, 0.29) is 19.0 Å². The molecule has 0 aromatic heterocycles. The molecule has 1 rings (SSSR count). The van der Waals surface area contributed by atoms with Crippen LogP contribution in [0.2, 0.25) is 0 Å². The van der Waals surface area contributed by atoms with Crippen LogP contribution in [0, 0.1) is 0 Å². The fourth-order valence-electron chi connectivity index (χ4n) is 1.60. The van der Waals surface area contributed by atoms with Gasteiger partial charge in [0.15, 0.2) is 0 Å². The number of rotatable bonds is 9. The average Bonchev–Trinajstić information content (AvgIpc) is 2.42. The molecule has 0 fully saturated rings. The lowest BCUT2D eigenvalue weighted by Crippen LogP contribution is -2.38. The van der Waals surface area contributed by atoms with Gasteiger partial charge in [-0.15, -0.1) is 0 Å². The highest BCUT2D eigenvalue weighted by Crippen LogP contribution is 2.08. The highest BCUT2D eigenvalue weighted by Gasteiger charge is 2.07. The first-order chi connectivity index (χ1) is 9.58. The minimum atomic E-state index is -1.04. The van der Waals surface area contributed by atoms with Gasteiger partial charge >= 0.3 is 5.97 Å². The SMILES string of the molecule is CN(CCCOc1ccccc1)CC(=O)NCC(=O)O. The van der Waals surface area contributed by atoms with E-state index in [9.17, 15) is 9.59 Å². The lowest BCUT2D eigenvalue weighted by molar-refractivity contribution is -0.138. The van der Waals surface area contributed by atoms with Crippen molar-refractivity contribution in [3.63, 3.8) is 0 Å². The number of ether oxygens (including phenoxy) is 1. The molecule has 2 N–H and O–H groups in total. The van der Waals surface area contributed by atoms with Crippen LogP contribution in [0.3, 0.4) is 0 Å². The molecule has 0 radical (unpaired) electrons. The molecule has 0 heterocycles. The second-order valence-corrected chi connectivity index (χ2v) is 4.42. The van der Waals surface area contributed by atoms with Gasteiger partial charge in [-0.25, -0.2) is 0 Å². The van der Waals surface area contributed by atoms with E-state index in [1.54, 1.807) is 0 Å². The summed E-state index contributed by atoms with van der Waals surface area (Å²) in [5, 5.41) is 10.8. The molecular weight excluding hydrogens is 260 g/mol. The lowest BCUT2D eigenvalue weighted by Gasteiger charge is -2.16. The van der Waals surface area contributed by atoms with Crippen molar-refractivity contribution in [3.8, 4) is 5.75 Å². The Balaban J connectivity index is 2.09. The Hall–Kier alpha value is -2.08. The molecule has 0 spiro atoms. The highest BCUT2D eigenvalue weighted by molar-refractivity contribution is 5.82. The molecule has 1 aromatic carbocycles. The van der Waals surface area contributed by atoms with E-state index in [1.165, 1.54) is 0 Å². The molecule has 0 saturated carbocycles. The first-order valence-electron chi connectivity index (χ1n) is 6.43. The Kier molecular flexibility index (Phi) is 7.13. The maximum Gasteiger partial charge on any atom is 0.322 e. The number of amides is 1. The van der Waals surface area contributed by atoms with Gasteiger partial charge in [-0.3, -0.25) is 14.5 Å². The summed E-state index contributed by atoms with van der Waals surface area (Å²) in [6.45, 7) is 1.11. The molecule has 0 aliphatic rings. The summed E-state index contributed by atoms with van der Waals surface area (Å²) < 4.78 is 5.54. The summed E-state index contributed by atoms with van der Waals surface area (Å²) in [6, 6.07) is 9.53. The molecule has 6 heteroatoms. The number of nitrogens with one attached hydrogen (secondary N) is 1. The van der Waals surface area contributed by atoms with Crippen molar-refractivity contribution in [1.29, 1.82) is 0 Å². The maximum atomic E-state index is 11.4. The van der Waals surface area contributed by atoms with Crippen molar-refractivity contribution in [2.24, 2.45) is 0 Å². The first kappa shape index (κ1) is 16.0. The molecule has 110 valence electrons. The minimum absolute atomic E-state index is 0.179. The second kappa shape index (κ2) is 8.92. The number of hydrogen-bond acceptors (Lipinski definition) is 4. The van der Waals surface area contributed by atoms with E-state index in [0.717, 1.165) is 12.2 Å². The van der Waals surface area contributed by atoms with Crippen LogP contribution in [0.4, 0.5) is 0 Å². The van der Waals surface area contributed by atoms with Gasteiger partial charge < -0.3 is 15.2 Å². The molecule has 6 nitrogen and oxygen atoms in total. The van der Waals surface area contributed by atoms with Crippen molar-refractivity contribution in [3.05, 3.63) is 30.3 Å². The lowest BCUT2D eigenvalue weighted by atomic mass is 10.3. The number of hydrogen-bond donors (Lipinski definition) is 2. The third-order valence-electron chi connectivity index (χ3n) is 2.55.